The highest BCUT2D eigenvalue weighted by Gasteiger charge is 2.13. The molecule has 2 aromatic rings. The third-order valence-electron chi connectivity index (χ3n) is 2.93. The van der Waals surface area contributed by atoms with E-state index in [2.05, 4.69) is 5.32 Å². The first-order chi connectivity index (χ1) is 11.0. The summed E-state index contributed by atoms with van der Waals surface area (Å²) in [5.41, 5.74) is 5.81. The van der Waals surface area contributed by atoms with Crippen LogP contribution in [-0.2, 0) is 16.0 Å². The van der Waals surface area contributed by atoms with Crippen molar-refractivity contribution in [2.24, 2.45) is 5.73 Å². The molecule has 23 heavy (non-hydrogen) atoms. The van der Waals surface area contributed by atoms with E-state index in [1.165, 1.54) is 30.0 Å². The molecule has 0 bridgehead atoms. The molecule has 0 aliphatic carbocycles. The number of benzene rings is 2. The van der Waals surface area contributed by atoms with Crippen molar-refractivity contribution in [3.8, 4) is 0 Å². The first-order valence-electron chi connectivity index (χ1n) is 6.70. The minimum atomic E-state index is -0.524. The lowest BCUT2D eigenvalue weighted by Gasteiger charge is -2.11. The van der Waals surface area contributed by atoms with Crippen molar-refractivity contribution in [1.29, 1.82) is 0 Å². The van der Waals surface area contributed by atoms with Crippen LogP contribution in [0.4, 0.5) is 10.1 Å². The van der Waals surface area contributed by atoms with E-state index in [9.17, 15) is 14.0 Å². The van der Waals surface area contributed by atoms with E-state index in [4.69, 9.17) is 17.3 Å². The summed E-state index contributed by atoms with van der Waals surface area (Å²) in [6, 6.07) is 11.3. The number of thioether (sulfide) groups is 1. The zero-order chi connectivity index (χ0) is 16.8. The monoisotopic (exact) mass is 352 g/mol. The molecule has 0 heterocycles. The number of nitrogens with two attached hydrogens (primary N) is 1. The van der Waals surface area contributed by atoms with Crippen LogP contribution in [0, 0.1) is 5.82 Å². The summed E-state index contributed by atoms with van der Waals surface area (Å²) in [7, 11) is 0. The Bertz CT molecular complexity index is 720. The van der Waals surface area contributed by atoms with Crippen molar-refractivity contribution < 1.29 is 14.0 Å². The smallest absolute Gasteiger partial charge is 0.228 e. The predicted molar refractivity (Wildman–Crippen MR) is 90.1 cm³/mol. The summed E-state index contributed by atoms with van der Waals surface area (Å²) in [6.45, 7) is 0. The SMILES string of the molecule is NC(=O)CSc1ccccc1NC(=O)Cc1c(F)cccc1Cl. The topological polar surface area (TPSA) is 72.2 Å². The summed E-state index contributed by atoms with van der Waals surface area (Å²) in [6.07, 6.45) is -0.180. The third-order valence-corrected chi connectivity index (χ3v) is 4.38. The number of para-hydroxylation sites is 1. The Morgan fingerprint density at radius 1 is 1.17 bits per heavy atom. The summed E-state index contributed by atoms with van der Waals surface area (Å²) in [5, 5.41) is 2.91. The average Bonchev–Trinajstić information content (AvgIpc) is 2.50. The van der Waals surface area contributed by atoms with Gasteiger partial charge in [0, 0.05) is 15.5 Å². The highest BCUT2D eigenvalue weighted by molar-refractivity contribution is 8.00. The number of carbonyl (C=O) groups excluding carboxylic acids is 2. The van der Waals surface area contributed by atoms with Crippen LogP contribution >= 0.6 is 23.4 Å². The van der Waals surface area contributed by atoms with Gasteiger partial charge in [0.2, 0.25) is 11.8 Å². The van der Waals surface area contributed by atoms with Crippen LogP contribution in [-0.4, -0.2) is 17.6 Å². The first kappa shape index (κ1) is 17.3. The van der Waals surface area contributed by atoms with Crippen LogP contribution in [0.1, 0.15) is 5.56 Å². The van der Waals surface area contributed by atoms with E-state index < -0.39 is 17.6 Å². The van der Waals surface area contributed by atoms with Crippen LogP contribution in [0.2, 0.25) is 5.02 Å². The van der Waals surface area contributed by atoms with E-state index in [-0.39, 0.29) is 22.8 Å². The van der Waals surface area contributed by atoms with Gasteiger partial charge >= 0.3 is 0 Å². The average molecular weight is 353 g/mol. The number of halogens is 2. The Hall–Kier alpha value is -2.05. The Labute approximate surface area is 142 Å². The minimum absolute atomic E-state index is 0.103. The molecular formula is C16H14ClFN2O2S. The van der Waals surface area contributed by atoms with Gasteiger partial charge in [-0.15, -0.1) is 11.8 Å². The van der Waals surface area contributed by atoms with Crippen molar-refractivity contribution in [2.45, 2.75) is 11.3 Å². The molecule has 0 unspecified atom stereocenters. The molecule has 0 aliphatic heterocycles. The number of amides is 2. The standard InChI is InChI=1S/C16H14ClFN2O2S/c17-11-4-3-5-12(18)10(11)8-16(22)20-13-6-1-2-7-14(13)23-9-15(19)21/h1-7H,8-9H2,(H2,19,21)(H,20,22). The second-order valence-corrected chi connectivity index (χ2v) is 6.10. The fourth-order valence-electron chi connectivity index (χ4n) is 1.90. The molecule has 0 spiro atoms. The van der Waals surface area contributed by atoms with Crippen molar-refractivity contribution in [3.05, 3.63) is 58.9 Å². The van der Waals surface area contributed by atoms with Crippen LogP contribution < -0.4 is 11.1 Å². The van der Waals surface area contributed by atoms with E-state index in [0.717, 1.165) is 0 Å². The van der Waals surface area contributed by atoms with Crippen LogP contribution in [0.15, 0.2) is 47.4 Å². The fraction of sp³-hybridized carbons (Fsp3) is 0.125. The van der Waals surface area contributed by atoms with E-state index in [1.807, 2.05) is 0 Å². The number of hydrogen-bond acceptors (Lipinski definition) is 3. The Balaban J connectivity index is 2.10. The lowest BCUT2D eigenvalue weighted by Crippen LogP contribution is -2.17. The second-order valence-electron chi connectivity index (χ2n) is 4.68. The van der Waals surface area contributed by atoms with Crippen molar-refractivity contribution in [2.75, 3.05) is 11.1 Å². The summed E-state index contributed by atoms with van der Waals surface area (Å²) in [5.74, 6) is -1.27. The molecule has 0 aliphatic rings. The molecule has 7 heteroatoms. The molecule has 120 valence electrons. The minimum Gasteiger partial charge on any atom is -0.369 e. The number of rotatable bonds is 6. The van der Waals surface area contributed by atoms with Crippen molar-refractivity contribution in [1.82, 2.24) is 0 Å². The lowest BCUT2D eigenvalue weighted by atomic mass is 10.1. The van der Waals surface area contributed by atoms with E-state index in [0.29, 0.717) is 10.6 Å². The molecule has 2 aromatic carbocycles. The third kappa shape index (κ3) is 4.97. The number of hydrogen-bond donors (Lipinski definition) is 2. The highest BCUT2D eigenvalue weighted by atomic mass is 35.5. The van der Waals surface area contributed by atoms with Gasteiger partial charge in [0.15, 0.2) is 0 Å². The second kappa shape index (κ2) is 7.99. The van der Waals surface area contributed by atoms with Gasteiger partial charge in [-0.1, -0.05) is 29.8 Å². The fourth-order valence-corrected chi connectivity index (χ4v) is 2.88. The predicted octanol–water partition coefficient (Wildman–Crippen LogP) is 3.24. The number of carbonyl (C=O) groups is 2. The van der Waals surface area contributed by atoms with Crippen LogP contribution in [0.25, 0.3) is 0 Å². The van der Waals surface area contributed by atoms with E-state index in [1.54, 1.807) is 24.3 Å². The quantitative estimate of drug-likeness (QED) is 0.784. The maximum atomic E-state index is 13.7. The lowest BCUT2D eigenvalue weighted by molar-refractivity contribution is -0.116. The molecule has 0 fully saturated rings. The van der Waals surface area contributed by atoms with Gasteiger partial charge in [-0.2, -0.15) is 0 Å². The number of primary amides is 1. The summed E-state index contributed by atoms with van der Waals surface area (Å²) < 4.78 is 13.7. The van der Waals surface area contributed by atoms with Crippen molar-refractivity contribution >= 4 is 40.9 Å². The normalized spacial score (nSPS) is 10.3. The maximum absolute atomic E-state index is 13.7. The Morgan fingerprint density at radius 3 is 2.61 bits per heavy atom. The first-order valence-corrected chi connectivity index (χ1v) is 8.06. The number of anilines is 1. The zero-order valence-corrected chi connectivity index (χ0v) is 13.6. The van der Waals surface area contributed by atoms with Gasteiger partial charge in [0.1, 0.15) is 5.82 Å². The maximum Gasteiger partial charge on any atom is 0.228 e. The molecule has 0 radical (unpaired) electrons. The molecule has 0 saturated carbocycles. The Morgan fingerprint density at radius 2 is 1.91 bits per heavy atom. The van der Waals surface area contributed by atoms with Crippen LogP contribution in [0.5, 0.6) is 0 Å². The van der Waals surface area contributed by atoms with Gasteiger partial charge in [-0.3, -0.25) is 9.59 Å². The van der Waals surface area contributed by atoms with Crippen molar-refractivity contribution in [3.63, 3.8) is 0 Å². The number of nitrogens with one attached hydrogen (secondary N) is 1. The molecule has 4 nitrogen and oxygen atoms in total. The highest BCUT2D eigenvalue weighted by Crippen LogP contribution is 2.27. The Kier molecular flexibility index (Phi) is 6.01. The van der Waals surface area contributed by atoms with Gasteiger partial charge in [0.05, 0.1) is 17.9 Å². The van der Waals surface area contributed by atoms with Gasteiger partial charge < -0.3 is 11.1 Å². The molecule has 0 atom stereocenters. The summed E-state index contributed by atoms with van der Waals surface area (Å²) in [4.78, 5) is 23.7. The molecular weight excluding hydrogens is 339 g/mol. The van der Waals surface area contributed by atoms with Gasteiger partial charge in [-0.25, -0.2) is 4.39 Å². The van der Waals surface area contributed by atoms with E-state index >= 15 is 0 Å². The van der Waals surface area contributed by atoms with Crippen LogP contribution in [0.3, 0.4) is 0 Å². The largest absolute Gasteiger partial charge is 0.369 e. The van der Waals surface area contributed by atoms with Gasteiger partial charge in [-0.05, 0) is 24.3 Å². The molecule has 2 amide bonds. The summed E-state index contributed by atoms with van der Waals surface area (Å²) >= 11 is 7.14. The molecule has 3 N–H and O–H groups in total. The molecule has 2 rings (SSSR count). The molecule has 0 aromatic heterocycles. The zero-order valence-electron chi connectivity index (χ0n) is 12.0. The van der Waals surface area contributed by atoms with Gasteiger partial charge in [0.25, 0.3) is 0 Å². The molecule has 0 saturated heterocycles.